The van der Waals surface area contributed by atoms with Crippen LogP contribution in [0.25, 0.3) is 0 Å². The normalized spacial score (nSPS) is 11.8. The minimum atomic E-state index is -2.11. The molecule has 0 saturated heterocycles. The van der Waals surface area contributed by atoms with Crippen LogP contribution in [0.5, 0.6) is 0 Å². The van der Waals surface area contributed by atoms with E-state index in [0.717, 1.165) is 14.7 Å². The molecule has 0 spiro atoms. The molecule has 0 aliphatic heterocycles. The lowest BCUT2D eigenvalue weighted by atomic mass is 10.2. The minimum Gasteiger partial charge on any atom is -0.402 e. The van der Waals surface area contributed by atoms with Crippen LogP contribution in [0.15, 0.2) is 93.5 Å². The molecular weight excluding hydrogens is 328 g/mol. The van der Waals surface area contributed by atoms with E-state index in [0.29, 0.717) is 0 Å². The van der Waals surface area contributed by atoms with Gasteiger partial charge in [0, 0.05) is 21.6 Å². The Bertz CT molecular complexity index is 807. The highest BCUT2D eigenvalue weighted by atomic mass is 32.3. The van der Waals surface area contributed by atoms with Crippen LogP contribution in [0.2, 0.25) is 0 Å². The zero-order chi connectivity index (χ0) is 17.9. The van der Waals surface area contributed by atoms with E-state index in [2.05, 4.69) is 62.4 Å². The SMILES string of the molecule is CC(=O)OS(c1ccccc1)(c1ccc(C)cc1)c1ccc(C)cc1. The van der Waals surface area contributed by atoms with Gasteiger partial charge in [-0.25, -0.2) is 0 Å². The number of rotatable bonds is 4. The predicted molar refractivity (Wildman–Crippen MR) is 103 cm³/mol. The first-order chi connectivity index (χ1) is 12.0. The van der Waals surface area contributed by atoms with Crippen molar-refractivity contribution in [2.45, 2.75) is 35.5 Å². The fraction of sp³-hybridized carbons (Fsp3) is 0.136. The lowest BCUT2D eigenvalue weighted by molar-refractivity contribution is -0.131. The van der Waals surface area contributed by atoms with Crippen molar-refractivity contribution in [2.24, 2.45) is 0 Å². The highest BCUT2D eigenvalue weighted by Crippen LogP contribution is 2.69. The molecule has 0 aromatic heterocycles. The van der Waals surface area contributed by atoms with Gasteiger partial charge in [0.05, 0.1) is 0 Å². The van der Waals surface area contributed by atoms with Crippen LogP contribution in [0.3, 0.4) is 0 Å². The molecule has 3 rings (SSSR count). The van der Waals surface area contributed by atoms with Crippen LogP contribution in [-0.2, 0) is 8.98 Å². The van der Waals surface area contributed by atoms with E-state index in [9.17, 15) is 4.79 Å². The van der Waals surface area contributed by atoms with Gasteiger partial charge in [-0.05, 0) is 60.6 Å². The van der Waals surface area contributed by atoms with Gasteiger partial charge in [-0.3, -0.25) is 4.79 Å². The van der Waals surface area contributed by atoms with E-state index >= 15 is 0 Å². The molecule has 3 aromatic rings. The maximum Gasteiger partial charge on any atom is 0.313 e. The Hall–Kier alpha value is -2.52. The van der Waals surface area contributed by atoms with Crippen LogP contribution < -0.4 is 0 Å². The average Bonchev–Trinajstić information content (AvgIpc) is 2.62. The van der Waals surface area contributed by atoms with Crippen molar-refractivity contribution in [1.29, 1.82) is 0 Å². The molecule has 0 aliphatic rings. The Kier molecular flexibility index (Phi) is 4.95. The van der Waals surface area contributed by atoms with Gasteiger partial charge in [0.2, 0.25) is 0 Å². The lowest BCUT2D eigenvalue weighted by Crippen LogP contribution is -2.11. The third-order valence-electron chi connectivity index (χ3n) is 4.02. The minimum absolute atomic E-state index is 0.278. The molecule has 0 heterocycles. The van der Waals surface area contributed by atoms with Crippen LogP contribution in [0, 0.1) is 13.8 Å². The monoisotopic (exact) mass is 350 g/mol. The molecule has 0 atom stereocenters. The van der Waals surface area contributed by atoms with Crippen molar-refractivity contribution in [3.8, 4) is 0 Å². The fourth-order valence-electron chi connectivity index (χ4n) is 2.80. The first-order valence-electron chi connectivity index (χ1n) is 8.24. The summed E-state index contributed by atoms with van der Waals surface area (Å²) in [6.07, 6.45) is 0. The number of aryl methyl sites for hydroxylation is 2. The quantitative estimate of drug-likeness (QED) is 0.571. The van der Waals surface area contributed by atoms with E-state index in [1.807, 2.05) is 30.3 Å². The highest BCUT2D eigenvalue weighted by Gasteiger charge is 2.34. The molecule has 0 saturated carbocycles. The van der Waals surface area contributed by atoms with Gasteiger partial charge in [-0.2, -0.15) is 0 Å². The van der Waals surface area contributed by atoms with E-state index in [1.54, 1.807) is 0 Å². The highest BCUT2D eigenvalue weighted by molar-refractivity contribution is 8.30. The summed E-state index contributed by atoms with van der Waals surface area (Å²) >= 11 is 0. The van der Waals surface area contributed by atoms with Gasteiger partial charge in [-0.1, -0.05) is 53.6 Å². The molecule has 0 unspecified atom stereocenters. The van der Waals surface area contributed by atoms with Gasteiger partial charge < -0.3 is 4.18 Å². The third kappa shape index (κ3) is 3.47. The summed E-state index contributed by atoms with van der Waals surface area (Å²) in [6, 6.07) is 26.6. The molecule has 0 N–H and O–H groups in total. The molecule has 0 radical (unpaired) electrons. The summed E-state index contributed by atoms with van der Waals surface area (Å²) in [5.74, 6) is -0.278. The predicted octanol–water partition coefficient (Wildman–Crippen LogP) is 6.06. The second-order valence-electron chi connectivity index (χ2n) is 6.07. The molecule has 0 bridgehead atoms. The standard InChI is InChI=1S/C22H22O2S/c1-17-9-13-21(14-10-17)25(24-19(3)23,20-7-5-4-6-8-20)22-15-11-18(2)12-16-22/h4-16H,1-3H3. The second-order valence-corrected chi connectivity index (χ2v) is 8.76. The average molecular weight is 350 g/mol. The number of carbonyl (C=O) groups excluding carboxylic acids is 1. The van der Waals surface area contributed by atoms with Crippen molar-refractivity contribution in [1.82, 2.24) is 0 Å². The second kappa shape index (κ2) is 7.16. The summed E-state index contributed by atoms with van der Waals surface area (Å²) in [7, 11) is -2.11. The number of benzene rings is 3. The molecule has 0 aliphatic carbocycles. The van der Waals surface area contributed by atoms with Crippen LogP contribution in [0.4, 0.5) is 0 Å². The zero-order valence-corrected chi connectivity index (χ0v) is 15.5. The van der Waals surface area contributed by atoms with Crippen LogP contribution in [0.1, 0.15) is 18.1 Å². The Morgan fingerprint density at radius 3 is 1.48 bits per heavy atom. The molecule has 25 heavy (non-hydrogen) atoms. The first-order valence-corrected chi connectivity index (χ1v) is 9.80. The summed E-state index contributed by atoms with van der Waals surface area (Å²) < 4.78 is 6.12. The topological polar surface area (TPSA) is 26.3 Å². The van der Waals surface area contributed by atoms with Gasteiger partial charge >= 0.3 is 5.97 Å². The van der Waals surface area contributed by atoms with Gasteiger partial charge in [-0.15, -0.1) is 0 Å². The Morgan fingerprint density at radius 1 is 0.680 bits per heavy atom. The maximum atomic E-state index is 12.1. The van der Waals surface area contributed by atoms with E-state index in [1.165, 1.54) is 18.1 Å². The zero-order valence-electron chi connectivity index (χ0n) is 14.7. The Labute approximate surface area is 151 Å². The van der Waals surface area contributed by atoms with Crippen molar-refractivity contribution >= 4 is 16.3 Å². The lowest BCUT2D eigenvalue weighted by Gasteiger charge is -2.39. The van der Waals surface area contributed by atoms with Gasteiger partial charge in [0.1, 0.15) is 0 Å². The van der Waals surface area contributed by atoms with Gasteiger partial charge in [0.25, 0.3) is 0 Å². The largest absolute Gasteiger partial charge is 0.402 e. The van der Waals surface area contributed by atoms with Crippen molar-refractivity contribution in [3.05, 3.63) is 90.0 Å². The summed E-state index contributed by atoms with van der Waals surface area (Å²) in [5, 5.41) is 0. The van der Waals surface area contributed by atoms with Crippen LogP contribution in [-0.4, -0.2) is 5.97 Å². The molecule has 3 heteroatoms. The molecule has 128 valence electrons. The van der Waals surface area contributed by atoms with Crippen molar-refractivity contribution in [3.63, 3.8) is 0 Å². The Morgan fingerprint density at radius 2 is 1.08 bits per heavy atom. The van der Waals surface area contributed by atoms with E-state index in [-0.39, 0.29) is 5.97 Å². The van der Waals surface area contributed by atoms with Gasteiger partial charge in [0.15, 0.2) is 0 Å². The summed E-state index contributed by atoms with van der Waals surface area (Å²) in [4.78, 5) is 15.2. The summed E-state index contributed by atoms with van der Waals surface area (Å²) in [6.45, 7) is 5.59. The van der Waals surface area contributed by atoms with E-state index in [4.69, 9.17) is 4.18 Å². The smallest absolute Gasteiger partial charge is 0.313 e. The molecular formula is C22H22O2S. The molecule has 3 aromatic carbocycles. The molecule has 2 nitrogen and oxygen atoms in total. The number of carbonyl (C=O) groups is 1. The Balaban J connectivity index is 2.32. The van der Waals surface area contributed by atoms with E-state index < -0.39 is 10.3 Å². The maximum absolute atomic E-state index is 12.1. The first kappa shape index (κ1) is 17.3. The third-order valence-corrected chi connectivity index (χ3v) is 7.32. The molecule has 0 amide bonds. The fourth-order valence-corrected chi connectivity index (χ4v) is 5.84. The van der Waals surface area contributed by atoms with Crippen molar-refractivity contribution < 1.29 is 8.98 Å². The van der Waals surface area contributed by atoms with Crippen molar-refractivity contribution in [2.75, 3.05) is 0 Å². The number of hydrogen-bond donors (Lipinski definition) is 0. The molecule has 0 fully saturated rings. The van der Waals surface area contributed by atoms with Crippen LogP contribution >= 0.6 is 10.3 Å². The number of hydrogen-bond acceptors (Lipinski definition) is 2. The summed E-state index contributed by atoms with van der Waals surface area (Å²) in [5.41, 5.74) is 2.36.